The number of hydrogen-bond donors (Lipinski definition) is 2. The van der Waals surface area contributed by atoms with Crippen LogP contribution in [0, 0.1) is 11.8 Å². The molecular formula is C16H32N2O. The molecule has 0 aromatic rings. The zero-order valence-electron chi connectivity index (χ0n) is 12.8. The lowest BCUT2D eigenvalue weighted by molar-refractivity contribution is 0.0639. The third-order valence-corrected chi connectivity index (χ3v) is 5.25. The standard InChI is InChI=1S/C16H32N2O/c1-13(17-2)15-8-5-9-18(11-15)12-16(19)10-14-6-3-4-7-14/h13-17,19H,3-12H2,1-2H3. The second-order valence-electron chi connectivity index (χ2n) is 6.78. The molecule has 2 N–H and O–H groups in total. The van der Waals surface area contributed by atoms with E-state index in [9.17, 15) is 5.11 Å². The first-order valence-electron chi connectivity index (χ1n) is 8.26. The Balaban J connectivity index is 1.71. The maximum Gasteiger partial charge on any atom is 0.0669 e. The van der Waals surface area contributed by atoms with Crippen molar-refractivity contribution >= 4 is 0 Å². The van der Waals surface area contributed by atoms with E-state index in [1.165, 1.54) is 45.1 Å². The molecule has 1 aliphatic heterocycles. The van der Waals surface area contributed by atoms with E-state index in [1.807, 2.05) is 0 Å². The molecule has 0 amide bonds. The van der Waals surface area contributed by atoms with Crippen LogP contribution in [0.4, 0.5) is 0 Å². The van der Waals surface area contributed by atoms with Gasteiger partial charge in [0.2, 0.25) is 0 Å². The summed E-state index contributed by atoms with van der Waals surface area (Å²) >= 11 is 0. The molecule has 3 atom stereocenters. The van der Waals surface area contributed by atoms with E-state index in [0.717, 1.165) is 31.3 Å². The lowest BCUT2D eigenvalue weighted by atomic mass is 9.91. The average Bonchev–Trinajstić information content (AvgIpc) is 2.90. The number of aliphatic hydroxyl groups excluding tert-OH is 1. The van der Waals surface area contributed by atoms with E-state index in [2.05, 4.69) is 24.2 Å². The van der Waals surface area contributed by atoms with Crippen LogP contribution in [-0.2, 0) is 0 Å². The number of likely N-dealkylation sites (tertiary alicyclic amines) is 1. The summed E-state index contributed by atoms with van der Waals surface area (Å²) in [7, 11) is 2.05. The van der Waals surface area contributed by atoms with Gasteiger partial charge in [0.05, 0.1) is 6.10 Å². The Morgan fingerprint density at radius 2 is 1.95 bits per heavy atom. The second kappa shape index (κ2) is 7.61. The van der Waals surface area contributed by atoms with E-state index in [1.54, 1.807) is 0 Å². The average molecular weight is 268 g/mol. The second-order valence-corrected chi connectivity index (χ2v) is 6.78. The van der Waals surface area contributed by atoms with Crippen LogP contribution in [0.1, 0.15) is 51.9 Å². The van der Waals surface area contributed by atoms with Gasteiger partial charge in [-0.05, 0) is 51.6 Å². The smallest absolute Gasteiger partial charge is 0.0669 e. The highest BCUT2D eigenvalue weighted by Crippen LogP contribution is 2.29. The van der Waals surface area contributed by atoms with Gasteiger partial charge in [0.1, 0.15) is 0 Å². The summed E-state index contributed by atoms with van der Waals surface area (Å²) in [5.74, 6) is 1.55. The fourth-order valence-corrected chi connectivity index (χ4v) is 3.90. The number of rotatable bonds is 6. The number of aliphatic hydroxyl groups is 1. The lowest BCUT2D eigenvalue weighted by Gasteiger charge is -2.36. The van der Waals surface area contributed by atoms with Gasteiger partial charge in [-0.25, -0.2) is 0 Å². The van der Waals surface area contributed by atoms with Crippen LogP contribution in [-0.4, -0.2) is 48.8 Å². The normalized spacial score (nSPS) is 29.5. The highest BCUT2D eigenvalue weighted by molar-refractivity contribution is 4.81. The largest absolute Gasteiger partial charge is 0.392 e. The van der Waals surface area contributed by atoms with Crippen molar-refractivity contribution in [2.24, 2.45) is 11.8 Å². The van der Waals surface area contributed by atoms with Crippen molar-refractivity contribution in [3.05, 3.63) is 0 Å². The Kier molecular flexibility index (Phi) is 6.11. The number of β-amino-alcohol motifs (C(OH)–C–C–N with tert-alkyl or cyclic N) is 1. The van der Waals surface area contributed by atoms with Crippen molar-refractivity contribution in [3.63, 3.8) is 0 Å². The highest BCUT2D eigenvalue weighted by Gasteiger charge is 2.26. The molecule has 3 nitrogen and oxygen atoms in total. The van der Waals surface area contributed by atoms with Crippen LogP contribution in [0.5, 0.6) is 0 Å². The molecule has 0 aromatic heterocycles. The van der Waals surface area contributed by atoms with E-state index >= 15 is 0 Å². The molecule has 0 radical (unpaired) electrons. The van der Waals surface area contributed by atoms with Gasteiger partial charge in [0.15, 0.2) is 0 Å². The van der Waals surface area contributed by atoms with Crippen molar-refractivity contribution in [3.8, 4) is 0 Å². The molecule has 2 fully saturated rings. The molecule has 19 heavy (non-hydrogen) atoms. The summed E-state index contributed by atoms with van der Waals surface area (Å²) < 4.78 is 0. The van der Waals surface area contributed by atoms with Crippen LogP contribution in [0.25, 0.3) is 0 Å². The fourth-order valence-electron chi connectivity index (χ4n) is 3.90. The van der Waals surface area contributed by atoms with Crippen LogP contribution in [0.2, 0.25) is 0 Å². The molecule has 0 aromatic carbocycles. The number of nitrogens with zero attached hydrogens (tertiary/aromatic N) is 1. The number of hydrogen-bond acceptors (Lipinski definition) is 3. The molecule has 1 saturated heterocycles. The first-order valence-corrected chi connectivity index (χ1v) is 8.26. The maximum absolute atomic E-state index is 10.3. The van der Waals surface area contributed by atoms with Crippen molar-refractivity contribution in [1.29, 1.82) is 0 Å². The van der Waals surface area contributed by atoms with Crippen LogP contribution in [0.3, 0.4) is 0 Å². The van der Waals surface area contributed by atoms with Gasteiger partial charge in [0.25, 0.3) is 0 Å². The Hall–Kier alpha value is -0.120. The molecule has 2 rings (SSSR count). The molecule has 3 unspecified atom stereocenters. The van der Waals surface area contributed by atoms with E-state index in [0.29, 0.717) is 6.04 Å². The fraction of sp³-hybridized carbons (Fsp3) is 1.00. The minimum atomic E-state index is -0.105. The summed E-state index contributed by atoms with van der Waals surface area (Å²) in [6.45, 7) is 5.50. The number of nitrogens with one attached hydrogen (secondary N) is 1. The highest BCUT2D eigenvalue weighted by atomic mass is 16.3. The van der Waals surface area contributed by atoms with Crippen molar-refractivity contribution in [2.75, 3.05) is 26.7 Å². The zero-order chi connectivity index (χ0) is 13.7. The molecule has 1 aliphatic carbocycles. The molecule has 3 heteroatoms. The quantitative estimate of drug-likeness (QED) is 0.775. The predicted molar refractivity (Wildman–Crippen MR) is 80.3 cm³/mol. The van der Waals surface area contributed by atoms with E-state index in [-0.39, 0.29) is 6.10 Å². The molecule has 0 bridgehead atoms. The maximum atomic E-state index is 10.3. The van der Waals surface area contributed by atoms with Gasteiger partial charge >= 0.3 is 0 Å². The van der Waals surface area contributed by atoms with Gasteiger partial charge < -0.3 is 15.3 Å². The molecule has 2 aliphatic rings. The minimum Gasteiger partial charge on any atom is -0.392 e. The number of piperidine rings is 1. The summed E-state index contributed by atoms with van der Waals surface area (Å²) in [4.78, 5) is 2.49. The van der Waals surface area contributed by atoms with E-state index < -0.39 is 0 Å². The first-order chi connectivity index (χ1) is 9.19. The lowest BCUT2D eigenvalue weighted by Crippen LogP contribution is -2.46. The third-order valence-electron chi connectivity index (χ3n) is 5.25. The molecule has 1 saturated carbocycles. The minimum absolute atomic E-state index is 0.105. The first kappa shape index (κ1) is 15.3. The van der Waals surface area contributed by atoms with Gasteiger partial charge in [0, 0.05) is 19.1 Å². The van der Waals surface area contributed by atoms with Crippen molar-refractivity contribution in [2.45, 2.75) is 64.0 Å². The predicted octanol–water partition coefficient (Wildman–Crippen LogP) is 2.25. The van der Waals surface area contributed by atoms with Crippen LogP contribution in [0.15, 0.2) is 0 Å². The summed E-state index contributed by atoms with van der Waals surface area (Å²) in [6.07, 6.45) is 8.98. The van der Waals surface area contributed by atoms with Gasteiger partial charge in [-0.1, -0.05) is 25.7 Å². The zero-order valence-corrected chi connectivity index (χ0v) is 12.8. The summed E-state index contributed by atoms with van der Waals surface area (Å²) in [5.41, 5.74) is 0. The van der Waals surface area contributed by atoms with E-state index in [4.69, 9.17) is 0 Å². The van der Waals surface area contributed by atoms with Gasteiger partial charge in [-0.3, -0.25) is 0 Å². The molecular weight excluding hydrogens is 236 g/mol. The molecule has 1 heterocycles. The third kappa shape index (κ3) is 4.73. The monoisotopic (exact) mass is 268 g/mol. The summed E-state index contributed by atoms with van der Waals surface area (Å²) in [5, 5.41) is 13.7. The van der Waals surface area contributed by atoms with Crippen molar-refractivity contribution < 1.29 is 5.11 Å². The SMILES string of the molecule is CNC(C)C1CCCN(CC(O)CC2CCCC2)C1. The Morgan fingerprint density at radius 3 is 2.63 bits per heavy atom. The van der Waals surface area contributed by atoms with Gasteiger partial charge in [-0.15, -0.1) is 0 Å². The summed E-state index contributed by atoms with van der Waals surface area (Å²) in [6, 6.07) is 0.592. The van der Waals surface area contributed by atoms with Gasteiger partial charge in [-0.2, -0.15) is 0 Å². The molecule has 0 spiro atoms. The Labute approximate surface area is 118 Å². The Bertz CT molecular complexity index is 253. The Morgan fingerprint density at radius 1 is 1.21 bits per heavy atom. The van der Waals surface area contributed by atoms with Crippen LogP contribution >= 0.6 is 0 Å². The van der Waals surface area contributed by atoms with Crippen LogP contribution < -0.4 is 5.32 Å². The molecule has 112 valence electrons. The topological polar surface area (TPSA) is 35.5 Å². The van der Waals surface area contributed by atoms with Crippen molar-refractivity contribution in [1.82, 2.24) is 10.2 Å².